The predicted molar refractivity (Wildman–Crippen MR) is 167 cm³/mol. The highest BCUT2D eigenvalue weighted by Gasteiger charge is 2.32. The summed E-state index contributed by atoms with van der Waals surface area (Å²) in [6.45, 7) is 10.3. The van der Waals surface area contributed by atoms with Crippen LogP contribution in [0.4, 0.5) is 15.3 Å². The molecular formula is C30H40ClN3O10S. The third-order valence-electron chi connectivity index (χ3n) is 5.40. The Hall–Kier alpha value is -4.04. The van der Waals surface area contributed by atoms with Gasteiger partial charge in [0, 0.05) is 6.42 Å². The highest BCUT2D eigenvalue weighted by atomic mass is 35.5. The summed E-state index contributed by atoms with van der Waals surface area (Å²) in [4.78, 5) is 50.3. The van der Waals surface area contributed by atoms with E-state index in [0.29, 0.717) is 9.87 Å². The minimum atomic E-state index is -4.72. The standard InChI is InChI=1S/C30H40ClN3O10S/c1-8-41-25(35)18-34(45(39,40)33-28(38)44-30(5,6)7)24-15-14-21(16-22(24)31)17-23(32-27(37)43-29(2,3)4)26(36)42-19-20-12-10-9-11-13-20/h9-16,23H,8,17-19H2,1-7H3,(H,32,37)(H,33,38)/t23-/m0/s1. The van der Waals surface area contributed by atoms with Crippen LogP contribution in [0, 0.1) is 0 Å². The average Bonchev–Trinajstić information content (AvgIpc) is 2.88. The molecule has 0 bridgehead atoms. The van der Waals surface area contributed by atoms with Gasteiger partial charge in [-0.1, -0.05) is 48.0 Å². The molecule has 2 aromatic carbocycles. The molecule has 0 fully saturated rings. The number of carbonyl (C=O) groups is 4. The second kappa shape index (κ2) is 15.8. The van der Waals surface area contributed by atoms with Crippen LogP contribution in [0.1, 0.15) is 59.6 Å². The van der Waals surface area contributed by atoms with E-state index < -0.39 is 58.1 Å². The molecule has 248 valence electrons. The minimum Gasteiger partial charge on any atom is -0.465 e. The van der Waals surface area contributed by atoms with E-state index in [4.69, 9.17) is 30.5 Å². The zero-order valence-electron chi connectivity index (χ0n) is 26.3. The first kappa shape index (κ1) is 37.1. The quantitative estimate of drug-likeness (QED) is 0.240. The molecule has 2 rings (SSSR count). The van der Waals surface area contributed by atoms with Crippen LogP contribution in [0.15, 0.2) is 48.5 Å². The predicted octanol–water partition coefficient (Wildman–Crippen LogP) is 4.66. The van der Waals surface area contributed by atoms with E-state index in [0.717, 1.165) is 5.56 Å². The van der Waals surface area contributed by atoms with Gasteiger partial charge in [-0.3, -0.25) is 4.79 Å². The van der Waals surface area contributed by atoms with Crippen molar-refractivity contribution < 1.29 is 46.5 Å². The smallest absolute Gasteiger partial charge is 0.422 e. The van der Waals surface area contributed by atoms with Crippen molar-refractivity contribution in [3.8, 4) is 0 Å². The van der Waals surface area contributed by atoms with Crippen molar-refractivity contribution in [2.24, 2.45) is 0 Å². The van der Waals surface area contributed by atoms with Crippen molar-refractivity contribution in [3.05, 3.63) is 64.7 Å². The SMILES string of the molecule is CCOC(=O)CN(c1ccc(C[C@H](NC(=O)OC(C)(C)C)C(=O)OCc2ccccc2)cc1Cl)S(=O)(=O)NC(=O)OC(C)(C)C. The van der Waals surface area contributed by atoms with E-state index in [1.54, 1.807) is 77.5 Å². The molecule has 0 unspecified atom stereocenters. The maximum atomic E-state index is 13.2. The van der Waals surface area contributed by atoms with Gasteiger partial charge in [-0.25, -0.2) is 23.4 Å². The second-order valence-corrected chi connectivity index (χ2v) is 13.7. The first-order chi connectivity index (χ1) is 20.8. The highest BCUT2D eigenvalue weighted by Crippen LogP contribution is 2.29. The van der Waals surface area contributed by atoms with Gasteiger partial charge < -0.3 is 24.3 Å². The minimum absolute atomic E-state index is 0.0225. The van der Waals surface area contributed by atoms with Gasteiger partial charge >= 0.3 is 34.3 Å². The Bertz CT molecular complexity index is 1450. The zero-order chi connectivity index (χ0) is 34.0. The number of hydrogen-bond donors (Lipinski definition) is 2. The molecule has 2 N–H and O–H groups in total. The van der Waals surface area contributed by atoms with Crippen LogP contribution < -0.4 is 14.3 Å². The Morgan fingerprint density at radius 1 is 0.867 bits per heavy atom. The van der Waals surface area contributed by atoms with Crippen LogP contribution in [-0.4, -0.2) is 62.9 Å². The number of anilines is 1. The summed E-state index contributed by atoms with van der Waals surface area (Å²) in [5, 5.41) is 2.36. The number of alkyl carbamates (subject to hydrolysis) is 1. The molecule has 15 heteroatoms. The normalized spacial score (nSPS) is 12.4. The van der Waals surface area contributed by atoms with E-state index in [1.807, 2.05) is 6.07 Å². The number of carbonyl (C=O) groups excluding carboxylic acids is 4. The topological polar surface area (TPSA) is 167 Å². The lowest BCUT2D eigenvalue weighted by molar-refractivity contribution is -0.147. The number of esters is 2. The summed E-state index contributed by atoms with van der Waals surface area (Å²) in [6, 6.07) is 11.8. The van der Waals surface area contributed by atoms with Crippen molar-refractivity contribution >= 4 is 51.6 Å². The number of halogens is 1. The van der Waals surface area contributed by atoms with E-state index in [9.17, 15) is 27.6 Å². The summed E-state index contributed by atoms with van der Waals surface area (Å²) in [5.41, 5.74) is -0.883. The number of benzene rings is 2. The Balaban J connectivity index is 2.37. The molecule has 0 aromatic heterocycles. The highest BCUT2D eigenvalue weighted by molar-refractivity contribution is 7.91. The van der Waals surface area contributed by atoms with Crippen molar-refractivity contribution in [2.75, 3.05) is 17.5 Å². The molecule has 1 atom stereocenters. The molecule has 0 saturated carbocycles. The molecular weight excluding hydrogens is 630 g/mol. The van der Waals surface area contributed by atoms with Gasteiger partial charge in [-0.05, 0) is 71.7 Å². The lowest BCUT2D eigenvalue weighted by Crippen LogP contribution is -2.47. The average molecular weight is 670 g/mol. The Morgan fingerprint density at radius 3 is 2.02 bits per heavy atom. The monoisotopic (exact) mass is 669 g/mol. The number of amides is 2. The molecule has 0 aliphatic heterocycles. The first-order valence-corrected chi connectivity index (χ1v) is 15.8. The van der Waals surface area contributed by atoms with Gasteiger partial charge in [0.15, 0.2) is 0 Å². The van der Waals surface area contributed by atoms with Gasteiger partial charge in [-0.15, -0.1) is 0 Å². The summed E-state index contributed by atoms with van der Waals surface area (Å²) < 4.78 is 49.5. The molecule has 0 aliphatic rings. The molecule has 2 aromatic rings. The third kappa shape index (κ3) is 13.2. The first-order valence-electron chi connectivity index (χ1n) is 14.0. The van der Waals surface area contributed by atoms with E-state index in [2.05, 4.69) is 5.32 Å². The molecule has 0 heterocycles. The van der Waals surface area contributed by atoms with Crippen LogP contribution in [0.5, 0.6) is 0 Å². The summed E-state index contributed by atoms with van der Waals surface area (Å²) >= 11 is 6.50. The van der Waals surface area contributed by atoms with Gasteiger partial charge in [0.05, 0.1) is 17.3 Å². The van der Waals surface area contributed by atoms with Gasteiger partial charge in [0.2, 0.25) is 0 Å². The van der Waals surface area contributed by atoms with E-state index in [1.165, 1.54) is 18.2 Å². The molecule has 0 saturated heterocycles. The van der Waals surface area contributed by atoms with Crippen LogP contribution in [0.2, 0.25) is 5.02 Å². The summed E-state index contributed by atoms with van der Waals surface area (Å²) in [7, 11) is -4.72. The van der Waals surface area contributed by atoms with Gasteiger partial charge in [0.1, 0.15) is 30.4 Å². The molecule has 2 amide bonds. The van der Waals surface area contributed by atoms with E-state index >= 15 is 0 Å². The number of nitrogens with one attached hydrogen (secondary N) is 2. The van der Waals surface area contributed by atoms with Crippen LogP contribution in [-0.2, 0) is 51.8 Å². The number of ether oxygens (including phenoxy) is 4. The van der Waals surface area contributed by atoms with Crippen molar-refractivity contribution in [1.82, 2.24) is 10.0 Å². The fraction of sp³-hybridized carbons (Fsp3) is 0.467. The Kier molecular flexibility index (Phi) is 13.0. The summed E-state index contributed by atoms with van der Waals surface area (Å²) in [6.07, 6.45) is -2.24. The van der Waals surface area contributed by atoms with Crippen molar-refractivity contribution in [1.29, 1.82) is 0 Å². The zero-order valence-corrected chi connectivity index (χ0v) is 27.9. The molecule has 0 radical (unpaired) electrons. The molecule has 45 heavy (non-hydrogen) atoms. The molecule has 0 spiro atoms. The Labute approximate surface area is 268 Å². The third-order valence-corrected chi connectivity index (χ3v) is 7.03. The van der Waals surface area contributed by atoms with Gasteiger partial charge in [-0.2, -0.15) is 8.42 Å². The largest absolute Gasteiger partial charge is 0.465 e. The lowest BCUT2D eigenvalue weighted by atomic mass is 10.1. The molecule has 13 nitrogen and oxygen atoms in total. The van der Waals surface area contributed by atoms with Crippen LogP contribution >= 0.6 is 11.6 Å². The van der Waals surface area contributed by atoms with Crippen LogP contribution in [0.25, 0.3) is 0 Å². The van der Waals surface area contributed by atoms with Gasteiger partial charge in [0.25, 0.3) is 0 Å². The fourth-order valence-corrected chi connectivity index (χ4v) is 5.08. The van der Waals surface area contributed by atoms with Crippen molar-refractivity contribution in [2.45, 2.75) is 78.7 Å². The second-order valence-electron chi connectivity index (χ2n) is 11.7. The fourth-order valence-electron chi connectivity index (χ4n) is 3.67. The van der Waals surface area contributed by atoms with Crippen LogP contribution in [0.3, 0.4) is 0 Å². The van der Waals surface area contributed by atoms with Crippen molar-refractivity contribution in [3.63, 3.8) is 0 Å². The number of hydrogen-bond acceptors (Lipinski definition) is 10. The number of rotatable bonds is 12. The van der Waals surface area contributed by atoms with E-state index in [-0.39, 0.29) is 30.3 Å². The maximum absolute atomic E-state index is 13.2. The summed E-state index contributed by atoms with van der Waals surface area (Å²) in [5.74, 6) is -1.66. The molecule has 0 aliphatic carbocycles. The lowest BCUT2D eigenvalue weighted by Gasteiger charge is -2.26. The maximum Gasteiger partial charge on any atom is 0.422 e. The Morgan fingerprint density at radius 2 is 1.47 bits per heavy atom. The number of nitrogens with zero attached hydrogens (tertiary/aromatic N) is 1.